The van der Waals surface area contributed by atoms with Crippen molar-refractivity contribution in [3.63, 3.8) is 0 Å². The largest absolute Gasteiger partial charge is 0.343 e. The molecule has 0 radical (unpaired) electrons. The lowest BCUT2D eigenvalue weighted by molar-refractivity contribution is -0.384. The standard InChI is InChI=1S/C18H18N4O3S/c1-13(15-8-5-9-16(12-15)22(24)25)26-18-20-19-17(23)21(18)11-10-14-6-3-2-4-7-14/h2-9,12-13H,10-11H2,1H3,(H,19,23)/t13-/m1/s1. The highest BCUT2D eigenvalue weighted by Gasteiger charge is 2.16. The lowest BCUT2D eigenvalue weighted by Gasteiger charge is -2.12. The van der Waals surface area contributed by atoms with E-state index in [1.165, 1.54) is 17.8 Å². The Hall–Kier alpha value is -2.87. The summed E-state index contributed by atoms with van der Waals surface area (Å²) < 4.78 is 1.60. The summed E-state index contributed by atoms with van der Waals surface area (Å²) in [6, 6.07) is 16.4. The van der Waals surface area contributed by atoms with Crippen LogP contribution in [0.5, 0.6) is 0 Å². The number of H-pyrrole nitrogens is 1. The zero-order valence-corrected chi connectivity index (χ0v) is 15.0. The molecule has 0 aliphatic heterocycles. The minimum Gasteiger partial charge on any atom is -0.270 e. The zero-order valence-electron chi connectivity index (χ0n) is 14.2. The molecular weight excluding hydrogens is 352 g/mol. The number of rotatable bonds is 7. The quantitative estimate of drug-likeness (QED) is 0.390. The number of aromatic nitrogens is 3. The van der Waals surface area contributed by atoms with Crippen molar-refractivity contribution in [1.82, 2.24) is 14.8 Å². The fourth-order valence-corrected chi connectivity index (χ4v) is 3.59. The first-order chi connectivity index (χ1) is 12.5. The van der Waals surface area contributed by atoms with Crippen LogP contribution >= 0.6 is 11.8 Å². The number of aromatic amines is 1. The normalized spacial score (nSPS) is 12.0. The molecule has 0 bridgehead atoms. The highest BCUT2D eigenvalue weighted by molar-refractivity contribution is 7.99. The number of hydrogen-bond donors (Lipinski definition) is 1. The van der Waals surface area contributed by atoms with Gasteiger partial charge in [0.05, 0.1) is 4.92 Å². The van der Waals surface area contributed by atoms with Crippen LogP contribution in [0.1, 0.15) is 23.3 Å². The van der Waals surface area contributed by atoms with Gasteiger partial charge in [0.15, 0.2) is 5.16 Å². The molecule has 26 heavy (non-hydrogen) atoms. The predicted octanol–water partition coefficient (Wildman–Crippen LogP) is 3.58. The number of aryl methyl sites for hydroxylation is 1. The number of hydrogen-bond acceptors (Lipinski definition) is 5. The first-order valence-electron chi connectivity index (χ1n) is 8.14. The first-order valence-corrected chi connectivity index (χ1v) is 9.02. The number of benzene rings is 2. The second kappa shape index (κ2) is 8.01. The SMILES string of the molecule is C[C@@H](Sc1n[nH]c(=O)n1CCc1ccccc1)c1cccc([N+](=O)[O-])c1. The molecule has 0 unspecified atom stereocenters. The van der Waals surface area contributed by atoms with Gasteiger partial charge in [0.2, 0.25) is 0 Å². The molecule has 0 amide bonds. The third-order valence-corrected chi connectivity index (χ3v) is 5.17. The maximum Gasteiger partial charge on any atom is 0.343 e. The Kier molecular flexibility index (Phi) is 5.52. The van der Waals surface area contributed by atoms with E-state index in [0.29, 0.717) is 11.7 Å². The molecule has 3 aromatic rings. The van der Waals surface area contributed by atoms with Crippen LogP contribution in [0.3, 0.4) is 0 Å². The molecule has 1 N–H and O–H groups in total. The van der Waals surface area contributed by atoms with E-state index >= 15 is 0 Å². The van der Waals surface area contributed by atoms with Crippen LogP contribution in [0.15, 0.2) is 64.5 Å². The van der Waals surface area contributed by atoms with Crippen LogP contribution in [-0.2, 0) is 13.0 Å². The summed E-state index contributed by atoms with van der Waals surface area (Å²) in [6.07, 6.45) is 0.721. The average Bonchev–Trinajstić information content (AvgIpc) is 3.00. The maximum atomic E-state index is 12.1. The van der Waals surface area contributed by atoms with Gasteiger partial charge >= 0.3 is 5.69 Å². The summed E-state index contributed by atoms with van der Waals surface area (Å²) in [6.45, 7) is 2.45. The maximum absolute atomic E-state index is 12.1. The minimum absolute atomic E-state index is 0.0541. The highest BCUT2D eigenvalue weighted by Crippen LogP contribution is 2.34. The van der Waals surface area contributed by atoms with Crippen molar-refractivity contribution in [3.05, 3.63) is 86.3 Å². The van der Waals surface area contributed by atoms with E-state index < -0.39 is 4.92 Å². The van der Waals surface area contributed by atoms with Gasteiger partial charge in [-0.25, -0.2) is 9.89 Å². The number of nitro groups is 1. The van der Waals surface area contributed by atoms with Gasteiger partial charge in [0.1, 0.15) is 0 Å². The Morgan fingerprint density at radius 3 is 2.73 bits per heavy atom. The van der Waals surface area contributed by atoms with Crippen LogP contribution < -0.4 is 5.69 Å². The van der Waals surface area contributed by atoms with E-state index in [-0.39, 0.29) is 16.6 Å². The average molecular weight is 370 g/mol. The molecule has 1 atom stereocenters. The van der Waals surface area contributed by atoms with Crippen molar-refractivity contribution in [2.45, 2.75) is 30.3 Å². The van der Waals surface area contributed by atoms with Crippen LogP contribution in [0.4, 0.5) is 5.69 Å². The summed E-state index contributed by atoms with van der Waals surface area (Å²) in [4.78, 5) is 22.6. The lowest BCUT2D eigenvalue weighted by atomic mass is 10.1. The molecule has 0 spiro atoms. The van der Waals surface area contributed by atoms with Gasteiger partial charge in [0.25, 0.3) is 5.69 Å². The summed E-state index contributed by atoms with van der Waals surface area (Å²) in [7, 11) is 0. The van der Waals surface area contributed by atoms with Crippen molar-refractivity contribution >= 4 is 17.4 Å². The molecule has 0 fully saturated rings. The van der Waals surface area contributed by atoms with Gasteiger partial charge in [-0.05, 0) is 24.5 Å². The Labute approximate surface area is 154 Å². The Balaban J connectivity index is 1.75. The molecule has 0 saturated carbocycles. The fourth-order valence-electron chi connectivity index (χ4n) is 2.59. The van der Waals surface area contributed by atoms with Gasteiger partial charge < -0.3 is 0 Å². The molecule has 3 rings (SSSR count). The Morgan fingerprint density at radius 2 is 2.00 bits per heavy atom. The second-order valence-electron chi connectivity index (χ2n) is 5.81. The Morgan fingerprint density at radius 1 is 1.23 bits per heavy atom. The third-order valence-electron chi connectivity index (χ3n) is 4.02. The Bertz CT molecular complexity index is 952. The fraction of sp³-hybridized carbons (Fsp3) is 0.222. The lowest BCUT2D eigenvalue weighted by Crippen LogP contribution is -2.19. The number of nitro benzene ring substituents is 1. The van der Waals surface area contributed by atoms with Crippen molar-refractivity contribution in [3.8, 4) is 0 Å². The van der Waals surface area contributed by atoms with Crippen LogP contribution in [0, 0.1) is 10.1 Å². The molecule has 1 aromatic heterocycles. The molecule has 1 heterocycles. The van der Waals surface area contributed by atoms with E-state index in [0.717, 1.165) is 17.5 Å². The van der Waals surface area contributed by atoms with Gasteiger partial charge in [-0.15, -0.1) is 5.10 Å². The molecular formula is C18H18N4O3S. The smallest absolute Gasteiger partial charge is 0.270 e. The zero-order chi connectivity index (χ0) is 18.5. The van der Waals surface area contributed by atoms with Gasteiger partial charge in [0, 0.05) is 23.9 Å². The van der Waals surface area contributed by atoms with E-state index in [2.05, 4.69) is 10.2 Å². The highest BCUT2D eigenvalue weighted by atomic mass is 32.2. The number of nitrogens with one attached hydrogen (secondary N) is 1. The van der Waals surface area contributed by atoms with Gasteiger partial charge in [-0.1, -0.05) is 54.2 Å². The molecule has 0 saturated heterocycles. The van der Waals surface area contributed by atoms with E-state index in [1.54, 1.807) is 16.7 Å². The van der Waals surface area contributed by atoms with Crippen molar-refractivity contribution in [2.75, 3.05) is 0 Å². The van der Waals surface area contributed by atoms with Crippen molar-refractivity contribution < 1.29 is 4.92 Å². The van der Waals surface area contributed by atoms with Crippen molar-refractivity contribution in [2.24, 2.45) is 0 Å². The van der Waals surface area contributed by atoms with Gasteiger partial charge in [-0.2, -0.15) is 0 Å². The third kappa shape index (κ3) is 4.20. The molecule has 8 heteroatoms. The van der Waals surface area contributed by atoms with E-state index in [9.17, 15) is 14.9 Å². The van der Waals surface area contributed by atoms with Crippen LogP contribution in [0.25, 0.3) is 0 Å². The summed E-state index contributed by atoms with van der Waals surface area (Å²) >= 11 is 1.40. The van der Waals surface area contributed by atoms with E-state index in [1.807, 2.05) is 43.3 Å². The first kappa shape index (κ1) is 17.9. The topological polar surface area (TPSA) is 93.8 Å². The second-order valence-corrected chi connectivity index (χ2v) is 7.12. The number of non-ortho nitro benzene ring substituents is 1. The molecule has 7 nitrogen and oxygen atoms in total. The molecule has 134 valence electrons. The van der Waals surface area contributed by atoms with Crippen LogP contribution in [-0.4, -0.2) is 19.7 Å². The number of thioether (sulfide) groups is 1. The summed E-state index contributed by atoms with van der Waals surface area (Å²) in [5.41, 5.74) is 1.76. The predicted molar refractivity (Wildman–Crippen MR) is 100 cm³/mol. The summed E-state index contributed by atoms with van der Waals surface area (Å²) in [5, 5.41) is 18.0. The van der Waals surface area contributed by atoms with E-state index in [4.69, 9.17) is 0 Å². The monoisotopic (exact) mass is 370 g/mol. The van der Waals surface area contributed by atoms with Crippen molar-refractivity contribution in [1.29, 1.82) is 0 Å². The molecule has 0 aliphatic rings. The van der Waals surface area contributed by atoms with Gasteiger partial charge in [-0.3, -0.25) is 14.7 Å². The molecule has 0 aliphatic carbocycles. The summed E-state index contributed by atoms with van der Waals surface area (Å²) in [5.74, 6) is 0. The van der Waals surface area contributed by atoms with Crippen LogP contribution in [0.2, 0.25) is 0 Å². The number of nitrogens with zero attached hydrogens (tertiary/aromatic N) is 3. The molecule has 2 aromatic carbocycles. The minimum atomic E-state index is -0.411.